The third kappa shape index (κ3) is 3.40. The molecule has 3 aromatic rings. The van der Waals surface area contributed by atoms with Crippen molar-refractivity contribution in [3.63, 3.8) is 0 Å². The van der Waals surface area contributed by atoms with E-state index in [1.807, 2.05) is 30.6 Å². The quantitative estimate of drug-likeness (QED) is 0.759. The highest BCUT2D eigenvalue weighted by Gasteiger charge is 2.27. The van der Waals surface area contributed by atoms with Gasteiger partial charge in [-0.25, -0.2) is 0 Å². The Balaban J connectivity index is 1.86. The second-order valence-electron chi connectivity index (χ2n) is 6.56. The van der Waals surface area contributed by atoms with Crippen LogP contribution in [0.4, 0.5) is 0 Å². The third-order valence-corrected chi connectivity index (χ3v) is 5.22. The summed E-state index contributed by atoms with van der Waals surface area (Å²) in [7, 11) is 1.72. The van der Waals surface area contributed by atoms with E-state index in [1.165, 1.54) is 10.9 Å². The minimum Gasteiger partial charge on any atom is -0.496 e. The number of nitrogens with zero attached hydrogens (tertiary/aromatic N) is 2. The molecule has 134 valence electrons. The van der Waals surface area contributed by atoms with Crippen LogP contribution in [0.5, 0.6) is 5.75 Å². The number of benzene rings is 2. The third-order valence-electron chi connectivity index (χ3n) is 4.98. The van der Waals surface area contributed by atoms with Crippen molar-refractivity contribution in [2.75, 3.05) is 33.3 Å². The maximum Gasteiger partial charge on any atom is 0.124 e. The summed E-state index contributed by atoms with van der Waals surface area (Å²) >= 11 is 6.34. The van der Waals surface area contributed by atoms with Crippen molar-refractivity contribution < 1.29 is 4.74 Å². The monoisotopic (exact) mass is 367 g/mol. The molecule has 4 rings (SSSR count). The van der Waals surface area contributed by atoms with Crippen molar-refractivity contribution >= 4 is 22.4 Å². The van der Waals surface area contributed by atoms with E-state index < -0.39 is 0 Å². The Labute approximate surface area is 158 Å². The van der Waals surface area contributed by atoms with Crippen molar-refractivity contribution in [3.8, 4) is 5.75 Å². The molecule has 1 unspecified atom stereocenters. The number of nitrogens with one attached hydrogen (secondary N) is 1. The van der Waals surface area contributed by atoms with Gasteiger partial charge in [0.1, 0.15) is 5.75 Å². The van der Waals surface area contributed by atoms with Gasteiger partial charge in [0.15, 0.2) is 0 Å². The van der Waals surface area contributed by atoms with Crippen molar-refractivity contribution in [3.05, 3.63) is 71.0 Å². The van der Waals surface area contributed by atoms with Gasteiger partial charge in [0, 0.05) is 54.5 Å². The zero-order valence-electron chi connectivity index (χ0n) is 14.8. The van der Waals surface area contributed by atoms with Crippen LogP contribution in [0, 0.1) is 0 Å². The van der Waals surface area contributed by atoms with Gasteiger partial charge in [0.2, 0.25) is 0 Å². The Kier molecular flexibility index (Phi) is 5.07. The molecule has 1 aliphatic rings. The van der Waals surface area contributed by atoms with Gasteiger partial charge in [-0.05, 0) is 41.3 Å². The topological polar surface area (TPSA) is 37.4 Å². The molecule has 1 atom stereocenters. The molecule has 1 aliphatic heterocycles. The van der Waals surface area contributed by atoms with E-state index >= 15 is 0 Å². The number of fused-ring (bicyclic) bond motifs is 1. The van der Waals surface area contributed by atoms with Crippen LogP contribution in [-0.4, -0.2) is 43.2 Å². The fraction of sp³-hybridized carbons (Fsp3) is 0.286. The summed E-state index contributed by atoms with van der Waals surface area (Å²) in [5.74, 6) is 0.868. The summed E-state index contributed by atoms with van der Waals surface area (Å²) in [5, 5.41) is 6.50. The van der Waals surface area contributed by atoms with Crippen molar-refractivity contribution in [1.82, 2.24) is 15.2 Å². The van der Waals surface area contributed by atoms with E-state index in [9.17, 15) is 0 Å². The molecule has 1 fully saturated rings. The van der Waals surface area contributed by atoms with Crippen LogP contribution in [0.2, 0.25) is 5.02 Å². The molecule has 0 radical (unpaired) electrons. The minimum atomic E-state index is 0.100. The summed E-state index contributed by atoms with van der Waals surface area (Å²) in [5.41, 5.74) is 2.35. The van der Waals surface area contributed by atoms with Crippen LogP contribution >= 0.6 is 11.6 Å². The molecule has 1 N–H and O–H groups in total. The fourth-order valence-corrected chi connectivity index (χ4v) is 3.90. The first kappa shape index (κ1) is 17.3. The second kappa shape index (κ2) is 7.62. The molecule has 4 nitrogen and oxygen atoms in total. The first-order chi connectivity index (χ1) is 12.8. The molecule has 1 saturated heterocycles. The normalized spacial score (nSPS) is 16.5. The van der Waals surface area contributed by atoms with E-state index in [0.717, 1.165) is 47.9 Å². The maximum absolute atomic E-state index is 6.34. The number of aromatic nitrogens is 1. The summed E-state index contributed by atoms with van der Waals surface area (Å²) < 4.78 is 5.67. The van der Waals surface area contributed by atoms with Gasteiger partial charge in [-0.3, -0.25) is 9.88 Å². The van der Waals surface area contributed by atoms with Crippen LogP contribution in [0.15, 0.2) is 54.9 Å². The minimum absolute atomic E-state index is 0.100. The number of ether oxygens (including phenoxy) is 1. The first-order valence-electron chi connectivity index (χ1n) is 8.88. The number of hydrogen-bond acceptors (Lipinski definition) is 4. The molecule has 5 heteroatoms. The van der Waals surface area contributed by atoms with Crippen molar-refractivity contribution in [2.45, 2.75) is 6.04 Å². The van der Waals surface area contributed by atoms with Crippen LogP contribution < -0.4 is 10.1 Å². The zero-order chi connectivity index (χ0) is 17.9. The van der Waals surface area contributed by atoms with Crippen LogP contribution in [0.3, 0.4) is 0 Å². The molecule has 26 heavy (non-hydrogen) atoms. The Bertz CT molecular complexity index is 909. The van der Waals surface area contributed by atoms with Gasteiger partial charge in [-0.15, -0.1) is 0 Å². The van der Waals surface area contributed by atoms with Gasteiger partial charge in [-0.2, -0.15) is 0 Å². The largest absolute Gasteiger partial charge is 0.496 e. The SMILES string of the molecule is COc1ccc(Cl)cc1C(c1ccc2cnccc2c1)N1CCNCC1. The van der Waals surface area contributed by atoms with E-state index in [2.05, 4.69) is 39.5 Å². The number of hydrogen-bond donors (Lipinski definition) is 1. The molecule has 2 heterocycles. The maximum atomic E-state index is 6.34. The average molecular weight is 368 g/mol. The zero-order valence-corrected chi connectivity index (χ0v) is 15.5. The van der Waals surface area contributed by atoms with Gasteiger partial charge in [0.05, 0.1) is 13.2 Å². The molecular formula is C21H22ClN3O. The highest BCUT2D eigenvalue weighted by Crippen LogP contribution is 2.37. The van der Waals surface area contributed by atoms with Gasteiger partial charge >= 0.3 is 0 Å². The van der Waals surface area contributed by atoms with Crippen LogP contribution in [0.25, 0.3) is 10.8 Å². The highest BCUT2D eigenvalue weighted by atomic mass is 35.5. The molecule has 0 bridgehead atoms. The standard InChI is InChI=1S/C21H22ClN3O/c1-26-20-5-4-18(22)13-19(20)21(25-10-8-23-9-11-25)16-2-3-17-14-24-7-6-15(17)12-16/h2-7,12-14,21,23H,8-11H2,1H3. The fourth-order valence-electron chi connectivity index (χ4n) is 3.72. The lowest BCUT2D eigenvalue weighted by molar-refractivity contribution is 0.195. The number of methoxy groups -OCH3 is 1. The van der Waals surface area contributed by atoms with E-state index in [-0.39, 0.29) is 6.04 Å². The molecule has 0 spiro atoms. The summed E-state index contributed by atoms with van der Waals surface area (Å²) in [4.78, 5) is 6.71. The predicted octanol–water partition coefficient (Wildman–Crippen LogP) is 3.89. The number of pyridine rings is 1. The summed E-state index contributed by atoms with van der Waals surface area (Å²) in [6.45, 7) is 3.93. The highest BCUT2D eigenvalue weighted by molar-refractivity contribution is 6.30. The van der Waals surface area contributed by atoms with Crippen molar-refractivity contribution in [1.29, 1.82) is 0 Å². The molecule has 0 aliphatic carbocycles. The van der Waals surface area contributed by atoms with Gasteiger partial charge in [0.25, 0.3) is 0 Å². The molecular weight excluding hydrogens is 346 g/mol. The Morgan fingerprint density at radius 2 is 1.92 bits per heavy atom. The van der Waals surface area contributed by atoms with E-state index in [1.54, 1.807) is 7.11 Å². The smallest absolute Gasteiger partial charge is 0.124 e. The predicted molar refractivity (Wildman–Crippen MR) is 106 cm³/mol. The van der Waals surface area contributed by atoms with Gasteiger partial charge in [-0.1, -0.05) is 23.7 Å². The van der Waals surface area contributed by atoms with Gasteiger partial charge < -0.3 is 10.1 Å². The molecule has 0 saturated carbocycles. The molecule has 0 amide bonds. The Morgan fingerprint density at radius 1 is 1.08 bits per heavy atom. The van der Waals surface area contributed by atoms with Crippen LogP contribution in [0.1, 0.15) is 17.2 Å². The Morgan fingerprint density at radius 3 is 2.73 bits per heavy atom. The summed E-state index contributed by atoms with van der Waals surface area (Å²) in [6.07, 6.45) is 3.74. The summed E-state index contributed by atoms with van der Waals surface area (Å²) in [6, 6.07) is 14.6. The average Bonchev–Trinajstić information content (AvgIpc) is 2.69. The lowest BCUT2D eigenvalue weighted by Gasteiger charge is -2.36. The van der Waals surface area contributed by atoms with Crippen molar-refractivity contribution in [2.24, 2.45) is 0 Å². The van der Waals surface area contributed by atoms with E-state index in [4.69, 9.17) is 16.3 Å². The van der Waals surface area contributed by atoms with E-state index in [0.29, 0.717) is 0 Å². The van der Waals surface area contributed by atoms with Crippen LogP contribution in [-0.2, 0) is 0 Å². The number of piperazine rings is 1. The number of halogens is 1. The lowest BCUT2D eigenvalue weighted by atomic mass is 9.94. The Hall–Kier alpha value is -2.14. The second-order valence-corrected chi connectivity index (χ2v) is 6.99. The molecule has 2 aromatic carbocycles. The number of rotatable bonds is 4. The lowest BCUT2D eigenvalue weighted by Crippen LogP contribution is -2.45. The first-order valence-corrected chi connectivity index (χ1v) is 9.26. The molecule has 1 aromatic heterocycles.